The monoisotopic (exact) mass is 461 g/mol. The zero-order valence-electron chi connectivity index (χ0n) is 18.6. The highest BCUT2D eigenvalue weighted by Gasteiger charge is 2.16. The van der Waals surface area contributed by atoms with Gasteiger partial charge in [-0.05, 0) is 42.2 Å². The van der Waals surface area contributed by atoms with E-state index in [1.165, 1.54) is 6.07 Å². The number of carbonyl (C=O) groups excluding carboxylic acids is 2. The topological polar surface area (TPSA) is 131 Å². The first-order chi connectivity index (χ1) is 16.4. The van der Waals surface area contributed by atoms with E-state index in [1.807, 2.05) is 30.3 Å². The summed E-state index contributed by atoms with van der Waals surface area (Å²) in [5, 5.41) is 14.7. The maximum absolute atomic E-state index is 12.6. The SMILES string of the molecule is N[C@@H](CCCNC(=O)OCc1ccccc1)C(=O)Nc1ccccc1-c1cccc(C(=O)O)c1. The first-order valence-electron chi connectivity index (χ1n) is 10.9. The van der Waals surface area contributed by atoms with Gasteiger partial charge in [0.2, 0.25) is 5.91 Å². The number of amides is 2. The summed E-state index contributed by atoms with van der Waals surface area (Å²) in [5.74, 6) is -1.39. The molecule has 34 heavy (non-hydrogen) atoms. The van der Waals surface area contributed by atoms with Gasteiger partial charge in [-0.15, -0.1) is 0 Å². The van der Waals surface area contributed by atoms with Crippen molar-refractivity contribution >= 4 is 23.7 Å². The molecule has 0 saturated heterocycles. The average Bonchev–Trinajstić information content (AvgIpc) is 2.86. The number of anilines is 1. The van der Waals surface area contributed by atoms with Gasteiger partial charge in [0.25, 0.3) is 0 Å². The Morgan fingerprint density at radius 1 is 0.941 bits per heavy atom. The van der Waals surface area contributed by atoms with Crippen molar-refractivity contribution < 1.29 is 24.2 Å². The number of nitrogens with one attached hydrogen (secondary N) is 2. The van der Waals surface area contributed by atoms with Crippen LogP contribution in [0.4, 0.5) is 10.5 Å². The molecule has 0 spiro atoms. The Morgan fingerprint density at radius 3 is 2.44 bits per heavy atom. The molecule has 8 heteroatoms. The second-order valence-corrected chi connectivity index (χ2v) is 7.66. The Morgan fingerprint density at radius 2 is 1.68 bits per heavy atom. The number of hydrogen-bond donors (Lipinski definition) is 4. The molecule has 2 amide bonds. The van der Waals surface area contributed by atoms with Crippen LogP contribution in [-0.4, -0.2) is 35.7 Å². The minimum atomic E-state index is -1.03. The van der Waals surface area contributed by atoms with Crippen molar-refractivity contribution in [3.8, 4) is 11.1 Å². The maximum atomic E-state index is 12.6. The van der Waals surface area contributed by atoms with Crippen LogP contribution in [0.3, 0.4) is 0 Å². The maximum Gasteiger partial charge on any atom is 0.407 e. The standard InChI is InChI=1S/C26H27N3O5/c27-22(13-7-15-28-26(33)34-17-18-8-2-1-3-9-18)24(30)29-23-14-5-4-12-21(23)19-10-6-11-20(16-19)25(31)32/h1-6,8-12,14,16,22H,7,13,15,17,27H2,(H,28,33)(H,29,30)(H,31,32)/t22-/m0/s1. The van der Waals surface area contributed by atoms with E-state index in [2.05, 4.69) is 10.6 Å². The molecule has 8 nitrogen and oxygen atoms in total. The summed E-state index contributed by atoms with van der Waals surface area (Å²) in [6.07, 6.45) is 0.332. The number of ether oxygens (including phenoxy) is 1. The van der Waals surface area contributed by atoms with Crippen molar-refractivity contribution in [2.24, 2.45) is 5.73 Å². The molecule has 5 N–H and O–H groups in total. The quantitative estimate of drug-likeness (QED) is 0.337. The number of aromatic carboxylic acids is 1. The molecule has 0 aliphatic heterocycles. The Labute approximate surface area is 197 Å². The molecule has 1 atom stereocenters. The predicted octanol–water partition coefficient (Wildman–Crippen LogP) is 4.02. The number of nitrogens with two attached hydrogens (primary N) is 1. The van der Waals surface area contributed by atoms with Gasteiger partial charge in [0, 0.05) is 17.8 Å². The van der Waals surface area contributed by atoms with Crippen LogP contribution in [-0.2, 0) is 16.1 Å². The third kappa shape index (κ3) is 7.18. The molecule has 0 bridgehead atoms. The molecular formula is C26H27N3O5. The normalized spacial score (nSPS) is 11.3. The van der Waals surface area contributed by atoms with E-state index in [1.54, 1.807) is 42.5 Å². The molecule has 0 radical (unpaired) electrons. The van der Waals surface area contributed by atoms with Crippen molar-refractivity contribution in [1.29, 1.82) is 0 Å². The molecule has 0 heterocycles. The first kappa shape index (κ1) is 24.5. The lowest BCUT2D eigenvalue weighted by Gasteiger charge is -2.15. The number of alkyl carbamates (subject to hydrolysis) is 1. The summed E-state index contributed by atoms with van der Waals surface area (Å²) in [6, 6.07) is 22.2. The minimum absolute atomic E-state index is 0.158. The highest BCUT2D eigenvalue weighted by molar-refractivity contribution is 5.99. The van der Waals surface area contributed by atoms with Crippen molar-refractivity contribution in [2.75, 3.05) is 11.9 Å². The number of carboxylic acids is 1. The van der Waals surface area contributed by atoms with Crippen LogP contribution in [0, 0.1) is 0 Å². The van der Waals surface area contributed by atoms with Gasteiger partial charge >= 0.3 is 12.1 Å². The zero-order valence-corrected chi connectivity index (χ0v) is 18.6. The van der Waals surface area contributed by atoms with Gasteiger partial charge in [0.15, 0.2) is 0 Å². The lowest BCUT2D eigenvalue weighted by atomic mass is 10.0. The molecule has 0 aliphatic rings. The van der Waals surface area contributed by atoms with Gasteiger partial charge in [-0.3, -0.25) is 4.79 Å². The fourth-order valence-corrected chi connectivity index (χ4v) is 3.31. The van der Waals surface area contributed by atoms with Gasteiger partial charge in [-0.25, -0.2) is 9.59 Å². The molecule has 0 unspecified atom stereocenters. The highest BCUT2D eigenvalue weighted by Crippen LogP contribution is 2.28. The van der Waals surface area contributed by atoms with Crippen molar-refractivity contribution in [1.82, 2.24) is 5.32 Å². The van der Waals surface area contributed by atoms with Gasteiger partial charge in [0.05, 0.1) is 11.6 Å². The molecular weight excluding hydrogens is 434 g/mol. The lowest BCUT2D eigenvalue weighted by Crippen LogP contribution is -2.36. The number of para-hydroxylation sites is 1. The summed E-state index contributed by atoms with van der Waals surface area (Å²) < 4.78 is 5.14. The zero-order chi connectivity index (χ0) is 24.3. The molecule has 0 aromatic heterocycles. The van der Waals surface area contributed by atoms with Crippen molar-refractivity contribution in [3.63, 3.8) is 0 Å². The third-order valence-corrected chi connectivity index (χ3v) is 5.12. The number of carboxylic acid groups (broad SMARTS) is 1. The van der Waals surface area contributed by atoms with Crippen LogP contribution < -0.4 is 16.4 Å². The van der Waals surface area contributed by atoms with Crippen LogP contribution in [0.1, 0.15) is 28.8 Å². The van der Waals surface area contributed by atoms with E-state index < -0.39 is 18.1 Å². The second-order valence-electron chi connectivity index (χ2n) is 7.66. The van der Waals surface area contributed by atoms with E-state index in [-0.39, 0.29) is 18.1 Å². The van der Waals surface area contributed by atoms with E-state index in [0.717, 1.165) is 5.56 Å². The number of carbonyl (C=O) groups is 3. The first-order valence-corrected chi connectivity index (χ1v) is 10.9. The molecule has 3 aromatic carbocycles. The molecule has 0 fully saturated rings. The Kier molecular flexibility index (Phi) is 8.76. The summed E-state index contributed by atoms with van der Waals surface area (Å²) in [6.45, 7) is 0.510. The summed E-state index contributed by atoms with van der Waals surface area (Å²) in [5.41, 5.74) is 8.98. The Hall–Kier alpha value is -4.17. The molecule has 0 saturated carbocycles. The fourth-order valence-electron chi connectivity index (χ4n) is 3.31. The highest BCUT2D eigenvalue weighted by atomic mass is 16.5. The third-order valence-electron chi connectivity index (χ3n) is 5.12. The second kappa shape index (κ2) is 12.2. The Bertz CT molecular complexity index is 1130. The van der Waals surface area contributed by atoms with E-state index >= 15 is 0 Å². The van der Waals surface area contributed by atoms with Gasteiger partial charge in [-0.1, -0.05) is 60.7 Å². The van der Waals surface area contributed by atoms with Gasteiger partial charge in [0.1, 0.15) is 6.61 Å². The minimum Gasteiger partial charge on any atom is -0.478 e. The van der Waals surface area contributed by atoms with Crippen LogP contribution in [0.5, 0.6) is 0 Å². The van der Waals surface area contributed by atoms with E-state index in [9.17, 15) is 19.5 Å². The molecule has 3 rings (SSSR count). The summed E-state index contributed by atoms with van der Waals surface area (Å²) in [4.78, 5) is 35.7. The van der Waals surface area contributed by atoms with E-state index in [0.29, 0.717) is 36.2 Å². The van der Waals surface area contributed by atoms with Crippen LogP contribution >= 0.6 is 0 Å². The number of hydrogen-bond acceptors (Lipinski definition) is 5. The molecule has 3 aromatic rings. The predicted molar refractivity (Wildman–Crippen MR) is 129 cm³/mol. The van der Waals surface area contributed by atoms with Crippen LogP contribution in [0.2, 0.25) is 0 Å². The van der Waals surface area contributed by atoms with Gasteiger partial charge in [-0.2, -0.15) is 0 Å². The van der Waals surface area contributed by atoms with Gasteiger partial charge < -0.3 is 26.2 Å². The van der Waals surface area contributed by atoms with Crippen molar-refractivity contribution in [2.45, 2.75) is 25.5 Å². The smallest absolute Gasteiger partial charge is 0.407 e. The fraction of sp³-hybridized carbons (Fsp3) is 0.192. The summed E-state index contributed by atoms with van der Waals surface area (Å²) >= 11 is 0. The molecule has 176 valence electrons. The number of rotatable bonds is 10. The van der Waals surface area contributed by atoms with Crippen LogP contribution in [0.25, 0.3) is 11.1 Å². The van der Waals surface area contributed by atoms with Crippen molar-refractivity contribution in [3.05, 3.63) is 90.0 Å². The molecule has 0 aliphatic carbocycles. The van der Waals surface area contributed by atoms with E-state index in [4.69, 9.17) is 10.5 Å². The number of benzene rings is 3. The van der Waals surface area contributed by atoms with Crippen LogP contribution in [0.15, 0.2) is 78.9 Å². The lowest BCUT2D eigenvalue weighted by molar-refractivity contribution is -0.117. The largest absolute Gasteiger partial charge is 0.478 e. The summed E-state index contributed by atoms with van der Waals surface area (Å²) in [7, 11) is 0. The average molecular weight is 462 g/mol. The Balaban J connectivity index is 1.47.